The Hall–Kier alpha value is -2.82. The quantitative estimate of drug-likeness (QED) is 0.703. The molecular weight excluding hydrogens is 458 g/mol. The number of hydrogen-bond acceptors (Lipinski definition) is 6. The van der Waals surface area contributed by atoms with Crippen molar-refractivity contribution in [1.82, 2.24) is 9.21 Å². The molecule has 0 saturated carbocycles. The van der Waals surface area contributed by atoms with Crippen molar-refractivity contribution in [2.45, 2.75) is 17.9 Å². The first kappa shape index (κ1) is 22.4. The topological polar surface area (TPSA) is 105 Å². The van der Waals surface area contributed by atoms with E-state index in [2.05, 4.69) is 5.32 Å². The zero-order chi connectivity index (χ0) is 22.9. The number of amides is 2. The fourth-order valence-corrected chi connectivity index (χ4v) is 5.52. The second-order valence-corrected chi connectivity index (χ2v) is 9.73. The lowest BCUT2D eigenvalue weighted by atomic mass is 10.2. The van der Waals surface area contributed by atoms with Gasteiger partial charge in [0.1, 0.15) is 16.4 Å². The van der Waals surface area contributed by atoms with E-state index in [9.17, 15) is 18.0 Å². The molecule has 9 nitrogen and oxygen atoms in total. The molecule has 4 rings (SSSR count). The summed E-state index contributed by atoms with van der Waals surface area (Å²) < 4.78 is 38.6. The predicted octanol–water partition coefficient (Wildman–Crippen LogP) is 1.97. The van der Waals surface area contributed by atoms with E-state index in [1.807, 2.05) is 18.2 Å². The van der Waals surface area contributed by atoms with Gasteiger partial charge in [-0.3, -0.25) is 9.59 Å². The highest BCUT2D eigenvalue weighted by atomic mass is 35.5. The van der Waals surface area contributed by atoms with E-state index in [-0.39, 0.29) is 60.3 Å². The van der Waals surface area contributed by atoms with Crippen molar-refractivity contribution in [2.75, 3.05) is 38.1 Å². The third-order valence-corrected chi connectivity index (χ3v) is 7.60. The fraction of sp³-hybridized carbons (Fsp3) is 0.333. The first-order valence-corrected chi connectivity index (χ1v) is 11.8. The molecule has 0 aliphatic carbocycles. The van der Waals surface area contributed by atoms with Gasteiger partial charge in [0, 0.05) is 32.2 Å². The number of sulfonamides is 1. The zero-order valence-corrected chi connectivity index (χ0v) is 18.9. The van der Waals surface area contributed by atoms with E-state index >= 15 is 0 Å². The third-order valence-electron chi connectivity index (χ3n) is 5.24. The number of piperazine rings is 1. The highest BCUT2D eigenvalue weighted by Crippen LogP contribution is 2.37. The summed E-state index contributed by atoms with van der Waals surface area (Å²) in [5, 5.41) is 2.58. The molecule has 2 aromatic rings. The van der Waals surface area contributed by atoms with Crippen LogP contribution in [-0.4, -0.2) is 68.3 Å². The molecule has 2 aliphatic heterocycles. The molecule has 1 fully saturated rings. The average molecular weight is 480 g/mol. The summed E-state index contributed by atoms with van der Waals surface area (Å²) in [6.07, 6.45) is -0.692. The Bertz CT molecular complexity index is 1130. The molecule has 0 spiro atoms. The molecule has 2 amide bonds. The molecule has 1 atom stereocenters. The van der Waals surface area contributed by atoms with Crippen molar-refractivity contribution in [1.29, 1.82) is 0 Å². The van der Waals surface area contributed by atoms with E-state index in [1.165, 1.54) is 16.4 Å². The number of carbonyl (C=O) groups is 2. The van der Waals surface area contributed by atoms with Crippen LogP contribution in [0.3, 0.4) is 0 Å². The first-order valence-electron chi connectivity index (χ1n) is 10.0. The van der Waals surface area contributed by atoms with Crippen LogP contribution in [0.1, 0.15) is 6.92 Å². The van der Waals surface area contributed by atoms with E-state index in [1.54, 1.807) is 24.0 Å². The van der Waals surface area contributed by atoms with Crippen molar-refractivity contribution in [2.24, 2.45) is 0 Å². The molecule has 0 aromatic heterocycles. The van der Waals surface area contributed by atoms with Gasteiger partial charge >= 0.3 is 0 Å². The zero-order valence-electron chi connectivity index (χ0n) is 17.3. The van der Waals surface area contributed by atoms with E-state index < -0.39 is 16.1 Å². The van der Waals surface area contributed by atoms with Crippen LogP contribution in [0, 0.1) is 0 Å². The Labute approximate surface area is 190 Å². The lowest BCUT2D eigenvalue weighted by Crippen LogP contribution is -2.53. The Balaban J connectivity index is 1.42. The van der Waals surface area contributed by atoms with Crippen LogP contribution in [0.25, 0.3) is 0 Å². The second-order valence-electron chi connectivity index (χ2n) is 7.42. The monoisotopic (exact) mass is 479 g/mol. The van der Waals surface area contributed by atoms with E-state index in [0.29, 0.717) is 11.4 Å². The van der Waals surface area contributed by atoms with Crippen LogP contribution in [0.15, 0.2) is 47.4 Å². The molecule has 32 heavy (non-hydrogen) atoms. The summed E-state index contributed by atoms with van der Waals surface area (Å²) in [5.74, 6) is 0.292. The van der Waals surface area contributed by atoms with Crippen LogP contribution in [-0.2, 0) is 19.6 Å². The number of para-hydroxylation sites is 1. The normalized spacial score (nSPS) is 17.7. The highest BCUT2D eigenvalue weighted by molar-refractivity contribution is 7.89. The SMILES string of the molecule is C[C@@H](Oc1ccccc1)C(=O)N1CCN(S(=O)(=O)c2cc3c(cc2Cl)NC(=O)CO3)CC1. The number of halogens is 1. The van der Waals surface area contributed by atoms with Crippen molar-refractivity contribution < 1.29 is 27.5 Å². The Morgan fingerprint density at radius 3 is 2.53 bits per heavy atom. The van der Waals surface area contributed by atoms with Crippen LogP contribution in [0.2, 0.25) is 5.02 Å². The summed E-state index contributed by atoms with van der Waals surface area (Å²) in [7, 11) is -3.92. The van der Waals surface area contributed by atoms with Gasteiger partial charge in [0.15, 0.2) is 12.7 Å². The van der Waals surface area contributed by atoms with Gasteiger partial charge in [-0.15, -0.1) is 0 Å². The first-order chi connectivity index (χ1) is 15.3. The predicted molar refractivity (Wildman–Crippen MR) is 117 cm³/mol. The maximum absolute atomic E-state index is 13.2. The highest BCUT2D eigenvalue weighted by Gasteiger charge is 2.34. The van der Waals surface area contributed by atoms with Crippen LogP contribution in [0.5, 0.6) is 11.5 Å². The molecule has 0 bridgehead atoms. The minimum absolute atomic E-state index is 0.0158. The van der Waals surface area contributed by atoms with Crippen LogP contribution >= 0.6 is 11.6 Å². The summed E-state index contributed by atoms with van der Waals surface area (Å²) in [4.78, 5) is 25.7. The summed E-state index contributed by atoms with van der Waals surface area (Å²) >= 11 is 6.22. The number of hydrogen-bond donors (Lipinski definition) is 1. The van der Waals surface area contributed by atoms with E-state index in [4.69, 9.17) is 21.1 Å². The third kappa shape index (κ3) is 4.52. The van der Waals surface area contributed by atoms with Gasteiger partial charge in [0.2, 0.25) is 10.0 Å². The number of rotatable bonds is 5. The van der Waals surface area contributed by atoms with Gasteiger partial charge in [-0.2, -0.15) is 4.31 Å². The molecule has 0 unspecified atom stereocenters. The molecule has 2 aromatic carbocycles. The molecule has 2 aliphatic rings. The van der Waals surface area contributed by atoms with E-state index in [0.717, 1.165) is 0 Å². The van der Waals surface area contributed by atoms with Gasteiger partial charge in [-0.05, 0) is 25.1 Å². The standard InChI is InChI=1S/C21H22ClN3O6S/c1-14(31-15-5-3-2-4-6-15)21(27)24-7-9-25(10-8-24)32(28,29)19-12-18-17(11-16(19)22)23-20(26)13-30-18/h2-6,11-12,14H,7-10,13H2,1H3,(H,23,26)/t14-/m1/s1. The molecule has 2 heterocycles. The van der Waals surface area contributed by atoms with Crippen LogP contribution in [0.4, 0.5) is 5.69 Å². The summed E-state index contributed by atoms with van der Waals surface area (Å²) in [5.41, 5.74) is 0.327. The van der Waals surface area contributed by atoms with Crippen molar-refractivity contribution >= 4 is 39.1 Å². The number of nitrogens with one attached hydrogen (secondary N) is 1. The Kier molecular flexibility index (Phi) is 6.27. The number of fused-ring (bicyclic) bond motifs is 1. The number of benzene rings is 2. The van der Waals surface area contributed by atoms with Gasteiger partial charge in [-0.1, -0.05) is 29.8 Å². The van der Waals surface area contributed by atoms with Crippen molar-refractivity contribution in [3.05, 3.63) is 47.5 Å². The van der Waals surface area contributed by atoms with Crippen LogP contribution < -0.4 is 14.8 Å². The molecule has 170 valence electrons. The molecule has 11 heteroatoms. The summed E-state index contributed by atoms with van der Waals surface area (Å²) in [6, 6.07) is 11.7. The number of anilines is 1. The number of carbonyl (C=O) groups excluding carboxylic acids is 2. The lowest BCUT2D eigenvalue weighted by molar-refractivity contribution is -0.139. The van der Waals surface area contributed by atoms with Crippen molar-refractivity contribution in [3.8, 4) is 11.5 Å². The second kappa shape index (κ2) is 8.97. The minimum atomic E-state index is -3.92. The lowest BCUT2D eigenvalue weighted by Gasteiger charge is -2.35. The Morgan fingerprint density at radius 1 is 1.16 bits per heavy atom. The number of ether oxygens (including phenoxy) is 2. The fourth-order valence-electron chi connectivity index (χ4n) is 3.58. The molecular formula is C21H22ClN3O6S. The Morgan fingerprint density at radius 2 is 1.84 bits per heavy atom. The summed E-state index contributed by atoms with van der Waals surface area (Å²) in [6.45, 7) is 2.18. The number of nitrogens with zero attached hydrogens (tertiary/aromatic N) is 2. The van der Waals surface area contributed by atoms with Gasteiger partial charge in [0.05, 0.1) is 10.7 Å². The maximum atomic E-state index is 13.2. The van der Waals surface area contributed by atoms with Gasteiger partial charge < -0.3 is 19.7 Å². The van der Waals surface area contributed by atoms with Crippen molar-refractivity contribution in [3.63, 3.8) is 0 Å². The van der Waals surface area contributed by atoms with Gasteiger partial charge in [0.25, 0.3) is 11.8 Å². The average Bonchev–Trinajstić information content (AvgIpc) is 2.78. The largest absolute Gasteiger partial charge is 0.482 e. The van der Waals surface area contributed by atoms with Gasteiger partial charge in [-0.25, -0.2) is 8.42 Å². The smallest absolute Gasteiger partial charge is 0.263 e. The maximum Gasteiger partial charge on any atom is 0.263 e. The minimum Gasteiger partial charge on any atom is -0.482 e. The molecule has 0 radical (unpaired) electrons. The molecule has 1 saturated heterocycles. The molecule has 1 N–H and O–H groups in total.